The summed E-state index contributed by atoms with van der Waals surface area (Å²) < 4.78 is 22.8. The third-order valence-corrected chi connectivity index (χ3v) is 5.55. The molecule has 0 unspecified atom stereocenters. The van der Waals surface area contributed by atoms with Crippen LogP contribution in [0.1, 0.15) is 25.5 Å². The van der Waals surface area contributed by atoms with Crippen molar-refractivity contribution in [2.24, 2.45) is 0 Å². The van der Waals surface area contributed by atoms with Crippen molar-refractivity contribution in [3.05, 3.63) is 23.9 Å². The Balaban J connectivity index is 1.89. The Labute approximate surface area is 131 Å². The predicted molar refractivity (Wildman–Crippen MR) is 86.7 cm³/mol. The molecule has 1 aromatic rings. The van der Waals surface area contributed by atoms with Gasteiger partial charge < -0.3 is 10.2 Å². The van der Waals surface area contributed by atoms with Crippen LogP contribution in [0.25, 0.3) is 0 Å². The van der Waals surface area contributed by atoms with Crippen LogP contribution in [-0.4, -0.2) is 49.9 Å². The fourth-order valence-corrected chi connectivity index (χ4v) is 2.93. The van der Waals surface area contributed by atoms with Gasteiger partial charge in [0.15, 0.2) is 9.84 Å². The van der Waals surface area contributed by atoms with Crippen LogP contribution >= 0.6 is 0 Å². The smallest absolute Gasteiger partial charge is 0.238 e. The van der Waals surface area contributed by atoms with Gasteiger partial charge in [0.25, 0.3) is 0 Å². The minimum Gasteiger partial charge on any atom is -0.356 e. The van der Waals surface area contributed by atoms with Crippen LogP contribution in [0.2, 0.25) is 0 Å². The van der Waals surface area contributed by atoms with E-state index in [1.54, 1.807) is 0 Å². The number of hydrogen-bond acceptors (Lipinski definition) is 5. The summed E-state index contributed by atoms with van der Waals surface area (Å²) in [5, 5.41) is 1.85. The van der Waals surface area contributed by atoms with Crippen LogP contribution in [0.15, 0.2) is 18.2 Å². The summed E-state index contributed by atoms with van der Waals surface area (Å²) in [4.78, 5) is 18.6. The topological polar surface area (TPSA) is 79.4 Å². The van der Waals surface area contributed by atoms with Gasteiger partial charge in [-0.05, 0) is 38.8 Å². The number of nitrogens with one attached hydrogen (secondary N) is 1. The number of aryl methyl sites for hydroxylation is 1. The standard InChI is InChI=1S/C15H23N3O3S/c1-11-5-4-6-14(16-11)18-9-7-13(8-10-18)17-15(19)12(2)22(3,20)21/h4-6,12-13H,7-10H2,1-3H3,(H,17,19)/t12-/m1/s1. The zero-order chi connectivity index (χ0) is 16.3. The number of amides is 1. The molecule has 122 valence electrons. The first-order chi connectivity index (χ1) is 10.3. The van der Waals surface area contributed by atoms with Gasteiger partial charge >= 0.3 is 0 Å². The Bertz CT molecular complexity index is 637. The van der Waals surface area contributed by atoms with Gasteiger partial charge in [0.1, 0.15) is 11.1 Å². The summed E-state index contributed by atoms with van der Waals surface area (Å²) in [6, 6.07) is 5.96. The van der Waals surface area contributed by atoms with E-state index in [1.165, 1.54) is 6.92 Å². The van der Waals surface area contributed by atoms with Crippen LogP contribution in [0.3, 0.4) is 0 Å². The molecule has 0 radical (unpaired) electrons. The average molecular weight is 325 g/mol. The molecule has 0 bridgehead atoms. The third-order valence-electron chi connectivity index (χ3n) is 4.05. The van der Waals surface area contributed by atoms with E-state index in [0.29, 0.717) is 0 Å². The van der Waals surface area contributed by atoms with Crippen molar-refractivity contribution in [1.29, 1.82) is 0 Å². The van der Waals surface area contributed by atoms with Crippen molar-refractivity contribution >= 4 is 21.6 Å². The van der Waals surface area contributed by atoms with Gasteiger partial charge in [-0.3, -0.25) is 4.79 Å². The molecule has 1 N–H and O–H groups in total. The first-order valence-corrected chi connectivity index (χ1v) is 9.40. The number of hydrogen-bond donors (Lipinski definition) is 1. The summed E-state index contributed by atoms with van der Waals surface area (Å²) in [5.41, 5.74) is 0.981. The maximum absolute atomic E-state index is 11.9. The molecule has 0 spiro atoms. The van der Waals surface area contributed by atoms with Crippen molar-refractivity contribution in [1.82, 2.24) is 10.3 Å². The molecule has 1 fully saturated rings. The van der Waals surface area contributed by atoms with E-state index in [9.17, 15) is 13.2 Å². The lowest BCUT2D eigenvalue weighted by Crippen LogP contribution is -2.48. The van der Waals surface area contributed by atoms with E-state index in [4.69, 9.17) is 0 Å². The lowest BCUT2D eigenvalue weighted by Gasteiger charge is -2.33. The number of carbonyl (C=O) groups excluding carboxylic acids is 1. The predicted octanol–water partition coefficient (Wildman–Crippen LogP) is 0.908. The molecule has 6 nitrogen and oxygen atoms in total. The van der Waals surface area contributed by atoms with Crippen molar-refractivity contribution in [2.45, 2.75) is 38.0 Å². The zero-order valence-electron chi connectivity index (χ0n) is 13.2. The highest BCUT2D eigenvalue weighted by Gasteiger charge is 2.27. The SMILES string of the molecule is Cc1cccc(N2CCC(NC(=O)[C@@H](C)S(C)(=O)=O)CC2)n1. The Morgan fingerprint density at radius 3 is 2.55 bits per heavy atom. The third kappa shape index (κ3) is 4.19. The summed E-state index contributed by atoms with van der Waals surface area (Å²) in [5.74, 6) is 0.545. The van der Waals surface area contributed by atoms with Crippen molar-refractivity contribution in [2.75, 3.05) is 24.2 Å². The van der Waals surface area contributed by atoms with Crippen LogP contribution < -0.4 is 10.2 Å². The summed E-state index contributed by atoms with van der Waals surface area (Å²) >= 11 is 0. The molecule has 1 amide bonds. The molecule has 1 aliphatic heterocycles. The number of aromatic nitrogens is 1. The van der Waals surface area contributed by atoms with Gasteiger partial charge in [-0.2, -0.15) is 0 Å². The van der Waals surface area contributed by atoms with E-state index < -0.39 is 21.0 Å². The van der Waals surface area contributed by atoms with Crippen LogP contribution in [0, 0.1) is 6.92 Å². The molecule has 0 aromatic carbocycles. The second kappa shape index (κ2) is 6.64. The van der Waals surface area contributed by atoms with E-state index in [-0.39, 0.29) is 6.04 Å². The van der Waals surface area contributed by atoms with Gasteiger partial charge in [-0.15, -0.1) is 0 Å². The number of nitrogens with zero attached hydrogens (tertiary/aromatic N) is 2. The minimum absolute atomic E-state index is 0.0257. The van der Waals surface area contributed by atoms with E-state index >= 15 is 0 Å². The second-order valence-electron chi connectivity index (χ2n) is 5.88. The molecule has 0 saturated carbocycles. The van der Waals surface area contributed by atoms with E-state index in [0.717, 1.165) is 43.7 Å². The highest BCUT2D eigenvalue weighted by atomic mass is 32.2. The molecule has 0 aliphatic carbocycles. The first-order valence-electron chi connectivity index (χ1n) is 7.45. The van der Waals surface area contributed by atoms with Crippen LogP contribution in [0.4, 0.5) is 5.82 Å². The first kappa shape index (κ1) is 16.7. The molecule has 22 heavy (non-hydrogen) atoms. The largest absolute Gasteiger partial charge is 0.356 e. The molecule has 1 atom stereocenters. The molecular weight excluding hydrogens is 302 g/mol. The van der Waals surface area contributed by atoms with E-state index in [1.807, 2.05) is 25.1 Å². The number of pyridine rings is 1. The van der Waals surface area contributed by atoms with Crippen molar-refractivity contribution < 1.29 is 13.2 Å². The maximum atomic E-state index is 11.9. The van der Waals surface area contributed by atoms with Gasteiger partial charge in [0, 0.05) is 31.1 Å². The Kier molecular flexibility index (Phi) is 5.05. The number of sulfone groups is 1. The maximum Gasteiger partial charge on any atom is 0.238 e. The Morgan fingerprint density at radius 1 is 1.36 bits per heavy atom. The molecule has 1 saturated heterocycles. The van der Waals surface area contributed by atoms with Crippen LogP contribution in [-0.2, 0) is 14.6 Å². The van der Waals surface area contributed by atoms with E-state index in [2.05, 4.69) is 15.2 Å². The average Bonchev–Trinajstić information content (AvgIpc) is 2.46. The monoisotopic (exact) mass is 325 g/mol. The quantitative estimate of drug-likeness (QED) is 0.890. The van der Waals surface area contributed by atoms with Crippen LogP contribution in [0.5, 0.6) is 0 Å². The number of carbonyl (C=O) groups is 1. The normalized spacial score (nSPS) is 18.0. The highest BCUT2D eigenvalue weighted by molar-refractivity contribution is 7.92. The van der Waals surface area contributed by atoms with Gasteiger partial charge in [-0.25, -0.2) is 13.4 Å². The highest BCUT2D eigenvalue weighted by Crippen LogP contribution is 2.18. The number of piperidine rings is 1. The summed E-state index contributed by atoms with van der Waals surface area (Å²) in [6.45, 7) is 4.99. The van der Waals surface area contributed by atoms with Crippen molar-refractivity contribution in [3.8, 4) is 0 Å². The number of rotatable bonds is 4. The zero-order valence-corrected chi connectivity index (χ0v) is 14.1. The van der Waals surface area contributed by atoms with Gasteiger partial charge in [0.2, 0.25) is 5.91 Å². The van der Waals surface area contributed by atoms with Gasteiger partial charge in [-0.1, -0.05) is 6.07 Å². The second-order valence-corrected chi connectivity index (χ2v) is 8.24. The Morgan fingerprint density at radius 2 is 2.00 bits per heavy atom. The lowest BCUT2D eigenvalue weighted by atomic mass is 10.0. The Hall–Kier alpha value is -1.63. The summed E-state index contributed by atoms with van der Waals surface area (Å²) in [6.07, 6.45) is 2.67. The molecule has 1 aromatic heterocycles. The lowest BCUT2D eigenvalue weighted by molar-refractivity contribution is -0.121. The molecule has 7 heteroatoms. The molecular formula is C15H23N3O3S. The summed E-state index contributed by atoms with van der Waals surface area (Å²) in [7, 11) is -3.34. The van der Waals surface area contributed by atoms with Gasteiger partial charge in [0.05, 0.1) is 0 Å². The molecule has 1 aliphatic rings. The fourth-order valence-electron chi connectivity index (χ4n) is 2.47. The minimum atomic E-state index is -3.34. The molecule has 2 heterocycles. The van der Waals surface area contributed by atoms with Crippen molar-refractivity contribution in [3.63, 3.8) is 0 Å². The fraction of sp³-hybridized carbons (Fsp3) is 0.600. The number of anilines is 1. The molecule has 2 rings (SSSR count).